The molecule has 2 aliphatic rings. The summed E-state index contributed by atoms with van der Waals surface area (Å²) < 4.78 is 2.12. The van der Waals surface area contributed by atoms with E-state index in [4.69, 9.17) is 0 Å². The summed E-state index contributed by atoms with van der Waals surface area (Å²) in [5.41, 5.74) is 5.34. The number of rotatable bonds is 2. The predicted octanol–water partition coefficient (Wildman–Crippen LogP) is 1.99. The van der Waals surface area contributed by atoms with E-state index < -0.39 is 0 Å². The minimum absolute atomic E-state index is 0.281. The van der Waals surface area contributed by atoms with Crippen LogP contribution in [0.15, 0.2) is 4.79 Å². The van der Waals surface area contributed by atoms with E-state index >= 15 is 0 Å². The average Bonchev–Trinajstić information content (AvgIpc) is 2.41. The minimum atomic E-state index is 0.281. The molecule has 2 aliphatic heterocycles. The van der Waals surface area contributed by atoms with Crippen LogP contribution < -0.4 is 10.9 Å². The van der Waals surface area contributed by atoms with Gasteiger partial charge in [-0.3, -0.25) is 4.79 Å². The molecule has 0 spiro atoms. The molecule has 1 aromatic heterocycles. The van der Waals surface area contributed by atoms with E-state index in [9.17, 15) is 4.79 Å². The van der Waals surface area contributed by atoms with Crippen molar-refractivity contribution in [3.8, 4) is 0 Å². The largest absolute Gasteiger partial charge is 0.316 e. The normalized spacial score (nSPS) is 25.2. The number of fused-ring (bicyclic) bond motifs is 4. The highest BCUT2D eigenvalue weighted by atomic mass is 16.1. The van der Waals surface area contributed by atoms with Gasteiger partial charge in [-0.25, -0.2) is 0 Å². The number of aromatic nitrogens is 1. The van der Waals surface area contributed by atoms with Crippen molar-refractivity contribution >= 4 is 0 Å². The molecule has 2 unspecified atom stereocenters. The van der Waals surface area contributed by atoms with E-state index in [1.807, 2.05) is 0 Å². The van der Waals surface area contributed by atoms with Crippen molar-refractivity contribution in [3.05, 3.63) is 32.7 Å². The van der Waals surface area contributed by atoms with E-state index in [-0.39, 0.29) is 5.56 Å². The van der Waals surface area contributed by atoms with Gasteiger partial charge in [-0.2, -0.15) is 0 Å². The Bertz CT molecular complexity index is 559. The molecule has 0 saturated carbocycles. The van der Waals surface area contributed by atoms with Crippen LogP contribution in [-0.2, 0) is 19.4 Å². The highest BCUT2D eigenvalue weighted by molar-refractivity contribution is 5.39. The summed E-state index contributed by atoms with van der Waals surface area (Å²) in [5.74, 6) is 1.18. The first kappa shape index (κ1) is 12.9. The lowest BCUT2D eigenvalue weighted by Gasteiger charge is -2.39. The third-order valence-corrected chi connectivity index (χ3v) is 4.98. The van der Waals surface area contributed by atoms with E-state index in [1.165, 1.54) is 23.2 Å². The van der Waals surface area contributed by atoms with Gasteiger partial charge in [0.25, 0.3) is 5.56 Å². The standard InChI is InChI=1S/C16H24N2O/c1-4-13-10(3)14(5-2)16(19)18-9-11-6-12(15(13)18)8-17-7-11/h11-12,17H,4-9H2,1-3H3. The first-order valence-corrected chi connectivity index (χ1v) is 7.63. The number of piperidine rings is 1. The van der Waals surface area contributed by atoms with Gasteiger partial charge in [0.15, 0.2) is 0 Å². The third kappa shape index (κ3) is 1.86. The van der Waals surface area contributed by atoms with Gasteiger partial charge in [0.2, 0.25) is 0 Å². The first-order valence-electron chi connectivity index (χ1n) is 7.63. The Hall–Kier alpha value is -1.09. The zero-order valence-electron chi connectivity index (χ0n) is 12.3. The fourth-order valence-electron chi connectivity index (χ4n) is 4.12. The Morgan fingerprint density at radius 1 is 1.21 bits per heavy atom. The first-order chi connectivity index (χ1) is 9.17. The second-order valence-corrected chi connectivity index (χ2v) is 6.05. The van der Waals surface area contributed by atoms with Crippen LogP contribution in [0, 0.1) is 12.8 Å². The maximum Gasteiger partial charge on any atom is 0.254 e. The van der Waals surface area contributed by atoms with Crippen LogP contribution in [0.4, 0.5) is 0 Å². The molecule has 0 amide bonds. The molecular formula is C16H24N2O. The highest BCUT2D eigenvalue weighted by Gasteiger charge is 2.33. The molecule has 0 radical (unpaired) electrons. The van der Waals surface area contributed by atoms with E-state index in [0.717, 1.165) is 38.0 Å². The number of nitrogens with zero attached hydrogens (tertiary/aromatic N) is 1. The van der Waals surface area contributed by atoms with Crippen molar-refractivity contribution in [2.75, 3.05) is 13.1 Å². The molecule has 3 rings (SSSR count). The van der Waals surface area contributed by atoms with Crippen LogP contribution in [0.5, 0.6) is 0 Å². The van der Waals surface area contributed by atoms with Crippen molar-refractivity contribution in [2.24, 2.45) is 5.92 Å². The maximum atomic E-state index is 12.7. The second-order valence-electron chi connectivity index (χ2n) is 6.05. The monoisotopic (exact) mass is 260 g/mol. The van der Waals surface area contributed by atoms with Crippen molar-refractivity contribution in [2.45, 2.75) is 52.5 Å². The van der Waals surface area contributed by atoms with Crippen molar-refractivity contribution in [1.82, 2.24) is 9.88 Å². The maximum absolute atomic E-state index is 12.7. The molecule has 1 fully saturated rings. The molecule has 3 heterocycles. The van der Waals surface area contributed by atoms with Gasteiger partial charge >= 0.3 is 0 Å². The molecule has 2 bridgehead atoms. The van der Waals surface area contributed by atoms with Crippen molar-refractivity contribution in [3.63, 3.8) is 0 Å². The summed E-state index contributed by atoms with van der Waals surface area (Å²) in [6, 6.07) is 0. The molecule has 19 heavy (non-hydrogen) atoms. The smallest absolute Gasteiger partial charge is 0.254 e. The summed E-state index contributed by atoms with van der Waals surface area (Å²) >= 11 is 0. The molecule has 2 atom stereocenters. The quantitative estimate of drug-likeness (QED) is 0.882. The van der Waals surface area contributed by atoms with Gasteiger partial charge in [-0.05, 0) is 49.8 Å². The fraction of sp³-hybridized carbons (Fsp3) is 0.688. The average molecular weight is 260 g/mol. The summed E-state index contributed by atoms with van der Waals surface area (Å²) in [6.45, 7) is 9.48. The molecule has 1 aromatic rings. The summed E-state index contributed by atoms with van der Waals surface area (Å²) in [5, 5.41) is 3.53. The van der Waals surface area contributed by atoms with E-state index in [0.29, 0.717) is 11.8 Å². The molecule has 0 aromatic carbocycles. The molecule has 0 aliphatic carbocycles. The lowest BCUT2D eigenvalue weighted by atomic mass is 9.80. The third-order valence-electron chi connectivity index (χ3n) is 4.98. The number of pyridine rings is 1. The van der Waals surface area contributed by atoms with Crippen LogP contribution in [0.25, 0.3) is 0 Å². The lowest BCUT2D eigenvalue weighted by molar-refractivity contribution is 0.255. The van der Waals surface area contributed by atoms with E-state index in [1.54, 1.807) is 0 Å². The minimum Gasteiger partial charge on any atom is -0.316 e. The molecule has 3 nitrogen and oxygen atoms in total. The Morgan fingerprint density at radius 2 is 1.95 bits per heavy atom. The molecule has 1 saturated heterocycles. The summed E-state index contributed by atoms with van der Waals surface area (Å²) in [7, 11) is 0. The Labute approximate surface area is 115 Å². The zero-order valence-corrected chi connectivity index (χ0v) is 12.3. The van der Waals surface area contributed by atoms with Gasteiger partial charge in [0.05, 0.1) is 0 Å². The second kappa shape index (κ2) is 4.78. The molecular weight excluding hydrogens is 236 g/mol. The van der Waals surface area contributed by atoms with Crippen LogP contribution >= 0.6 is 0 Å². The molecule has 1 N–H and O–H groups in total. The molecule has 104 valence electrons. The zero-order chi connectivity index (χ0) is 13.6. The van der Waals surface area contributed by atoms with Gasteiger partial charge in [-0.1, -0.05) is 13.8 Å². The number of hydrogen-bond acceptors (Lipinski definition) is 2. The predicted molar refractivity (Wildman–Crippen MR) is 77.9 cm³/mol. The van der Waals surface area contributed by atoms with Crippen LogP contribution in [0.1, 0.15) is 48.6 Å². The highest BCUT2D eigenvalue weighted by Crippen LogP contribution is 2.35. The van der Waals surface area contributed by atoms with Crippen LogP contribution in [0.3, 0.4) is 0 Å². The fourth-order valence-corrected chi connectivity index (χ4v) is 4.12. The van der Waals surface area contributed by atoms with Gasteiger partial charge in [0.1, 0.15) is 0 Å². The number of hydrogen-bond donors (Lipinski definition) is 1. The summed E-state index contributed by atoms with van der Waals surface area (Å²) in [4.78, 5) is 12.7. The van der Waals surface area contributed by atoms with Crippen molar-refractivity contribution < 1.29 is 0 Å². The Balaban J connectivity index is 2.28. The van der Waals surface area contributed by atoms with Crippen LogP contribution in [0.2, 0.25) is 0 Å². The topological polar surface area (TPSA) is 34.0 Å². The number of nitrogens with one attached hydrogen (secondary N) is 1. The van der Waals surface area contributed by atoms with Crippen LogP contribution in [-0.4, -0.2) is 17.7 Å². The Morgan fingerprint density at radius 3 is 2.63 bits per heavy atom. The van der Waals surface area contributed by atoms with Gasteiger partial charge in [-0.15, -0.1) is 0 Å². The SMILES string of the molecule is CCc1c(C)c(CC)c(=O)n2c1C1CNCC(C1)C2. The Kier molecular flexibility index (Phi) is 3.25. The molecule has 3 heteroatoms. The van der Waals surface area contributed by atoms with Crippen molar-refractivity contribution in [1.29, 1.82) is 0 Å². The lowest BCUT2D eigenvalue weighted by Crippen LogP contribution is -2.46. The van der Waals surface area contributed by atoms with Gasteiger partial charge < -0.3 is 9.88 Å². The van der Waals surface area contributed by atoms with E-state index in [2.05, 4.69) is 30.7 Å². The van der Waals surface area contributed by atoms with Gasteiger partial charge in [0, 0.05) is 30.3 Å². The summed E-state index contributed by atoms with van der Waals surface area (Å²) in [6.07, 6.45) is 3.14.